The number of aromatic nitrogens is 4. The Morgan fingerprint density at radius 2 is 2.16 bits per heavy atom. The molecule has 0 aromatic carbocycles. The Morgan fingerprint density at radius 3 is 2.84 bits per heavy atom. The van der Waals surface area contributed by atoms with E-state index in [1.54, 1.807) is 12.3 Å². The lowest BCUT2D eigenvalue weighted by Crippen LogP contribution is -2.24. The molecular weight excluding hydrogens is 242 g/mol. The largest absolute Gasteiger partial charge is 0.478 e. The molecule has 0 spiro atoms. The summed E-state index contributed by atoms with van der Waals surface area (Å²) < 4.78 is 7.47. The maximum absolute atomic E-state index is 5.37. The molecule has 0 atom stereocenters. The molecule has 0 fully saturated rings. The molecule has 6 nitrogen and oxygen atoms in total. The second-order valence-corrected chi connectivity index (χ2v) is 4.22. The molecule has 2 rings (SSSR count). The van der Waals surface area contributed by atoms with Gasteiger partial charge in [0.05, 0.1) is 6.61 Å². The molecule has 2 heterocycles. The van der Waals surface area contributed by atoms with Crippen LogP contribution in [0.25, 0.3) is 0 Å². The van der Waals surface area contributed by atoms with Crippen LogP contribution in [0.15, 0.2) is 24.7 Å². The topological polar surface area (TPSA) is 56.1 Å². The van der Waals surface area contributed by atoms with Crippen LogP contribution in [0.5, 0.6) is 5.88 Å². The van der Waals surface area contributed by atoms with Crippen molar-refractivity contribution < 1.29 is 4.74 Å². The average molecular weight is 261 g/mol. The lowest BCUT2D eigenvalue weighted by Gasteiger charge is -2.18. The van der Waals surface area contributed by atoms with E-state index >= 15 is 0 Å². The highest BCUT2D eigenvalue weighted by atomic mass is 16.5. The summed E-state index contributed by atoms with van der Waals surface area (Å²) in [5.41, 5.74) is 0. The maximum Gasteiger partial charge on any atom is 0.228 e. The van der Waals surface area contributed by atoms with Crippen molar-refractivity contribution in [2.45, 2.75) is 20.4 Å². The predicted molar refractivity (Wildman–Crippen MR) is 73.4 cm³/mol. The number of imidazole rings is 1. The third kappa shape index (κ3) is 3.43. The van der Waals surface area contributed by atoms with Gasteiger partial charge in [0, 0.05) is 44.8 Å². The number of rotatable bonds is 6. The highest BCUT2D eigenvalue weighted by molar-refractivity contribution is 5.30. The van der Waals surface area contributed by atoms with Crippen molar-refractivity contribution in [1.82, 2.24) is 19.5 Å². The smallest absolute Gasteiger partial charge is 0.228 e. The van der Waals surface area contributed by atoms with Gasteiger partial charge >= 0.3 is 0 Å². The van der Waals surface area contributed by atoms with Gasteiger partial charge in [-0.15, -0.1) is 0 Å². The molecule has 2 aromatic heterocycles. The zero-order valence-electron chi connectivity index (χ0n) is 11.6. The molecule has 0 amide bonds. The molecule has 0 N–H and O–H groups in total. The quantitative estimate of drug-likeness (QED) is 0.789. The van der Waals surface area contributed by atoms with Crippen LogP contribution in [0.2, 0.25) is 0 Å². The molecule has 0 radical (unpaired) electrons. The van der Waals surface area contributed by atoms with Gasteiger partial charge in [-0.3, -0.25) is 0 Å². The van der Waals surface area contributed by atoms with Crippen LogP contribution in [0.4, 0.5) is 5.95 Å². The summed E-state index contributed by atoms with van der Waals surface area (Å²) in [4.78, 5) is 14.8. The van der Waals surface area contributed by atoms with Gasteiger partial charge in [0.25, 0.3) is 0 Å². The van der Waals surface area contributed by atoms with Gasteiger partial charge in [0.2, 0.25) is 11.8 Å². The van der Waals surface area contributed by atoms with Crippen LogP contribution in [-0.4, -0.2) is 39.7 Å². The van der Waals surface area contributed by atoms with E-state index in [1.807, 2.05) is 38.2 Å². The summed E-state index contributed by atoms with van der Waals surface area (Å²) in [6, 6.07) is 1.76. The normalized spacial score (nSPS) is 10.5. The first-order chi connectivity index (χ1) is 9.20. The minimum absolute atomic E-state index is 0.606. The van der Waals surface area contributed by atoms with Gasteiger partial charge in [-0.1, -0.05) is 0 Å². The summed E-state index contributed by atoms with van der Waals surface area (Å²) in [5.74, 6) is 2.29. The zero-order chi connectivity index (χ0) is 13.7. The first-order valence-corrected chi connectivity index (χ1v) is 6.35. The monoisotopic (exact) mass is 261 g/mol. The first-order valence-electron chi connectivity index (χ1n) is 6.35. The molecular formula is C13H19N5O. The van der Waals surface area contributed by atoms with E-state index in [-0.39, 0.29) is 0 Å². The molecule has 6 heteroatoms. The van der Waals surface area contributed by atoms with E-state index in [1.165, 1.54) is 0 Å². The summed E-state index contributed by atoms with van der Waals surface area (Å²) >= 11 is 0. The zero-order valence-corrected chi connectivity index (χ0v) is 11.6. The highest BCUT2D eigenvalue weighted by Crippen LogP contribution is 2.11. The number of hydrogen-bond donors (Lipinski definition) is 0. The van der Waals surface area contributed by atoms with Gasteiger partial charge in [0.1, 0.15) is 5.82 Å². The summed E-state index contributed by atoms with van der Waals surface area (Å²) in [5, 5.41) is 0. The van der Waals surface area contributed by atoms with Crippen molar-refractivity contribution in [2.75, 3.05) is 25.1 Å². The molecule has 0 saturated heterocycles. The van der Waals surface area contributed by atoms with Crippen LogP contribution in [0, 0.1) is 6.92 Å². The average Bonchev–Trinajstić information content (AvgIpc) is 2.82. The molecule has 0 aliphatic rings. The Hall–Kier alpha value is -2.11. The van der Waals surface area contributed by atoms with E-state index < -0.39 is 0 Å². The van der Waals surface area contributed by atoms with Crippen molar-refractivity contribution in [3.05, 3.63) is 30.5 Å². The lowest BCUT2D eigenvalue weighted by atomic mass is 10.5. The van der Waals surface area contributed by atoms with Crippen LogP contribution in [0.1, 0.15) is 12.7 Å². The Morgan fingerprint density at radius 1 is 1.32 bits per heavy atom. The second-order valence-electron chi connectivity index (χ2n) is 4.22. The van der Waals surface area contributed by atoms with Crippen molar-refractivity contribution in [3.8, 4) is 5.88 Å². The van der Waals surface area contributed by atoms with Crippen molar-refractivity contribution in [2.24, 2.45) is 0 Å². The summed E-state index contributed by atoms with van der Waals surface area (Å²) in [7, 11) is 1.97. The molecule has 0 unspecified atom stereocenters. The second kappa shape index (κ2) is 6.17. The van der Waals surface area contributed by atoms with E-state index in [9.17, 15) is 0 Å². The minimum atomic E-state index is 0.606. The van der Waals surface area contributed by atoms with Crippen LogP contribution in [-0.2, 0) is 6.54 Å². The van der Waals surface area contributed by atoms with E-state index in [2.05, 4.69) is 19.5 Å². The third-order valence-corrected chi connectivity index (χ3v) is 2.85. The summed E-state index contributed by atoms with van der Waals surface area (Å²) in [6.07, 6.45) is 5.49. The third-order valence-electron chi connectivity index (χ3n) is 2.85. The Labute approximate surface area is 113 Å². The first kappa shape index (κ1) is 13.3. The van der Waals surface area contributed by atoms with Crippen molar-refractivity contribution in [3.63, 3.8) is 0 Å². The van der Waals surface area contributed by atoms with E-state index in [0.717, 1.165) is 18.9 Å². The standard InChI is InChI=1S/C13H19N5O/c1-4-19-12-5-6-15-13(16-12)17(3)9-10-18-8-7-14-11(18)2/h5-8H,4,9-10H2,1-3H3. The lowest BCUT2D eigenvalue weighted by molar-refractivity contribution is 0.326. The van der Waals surface area contributed by atoms with Gasteiger partial charge in [-0.2, -0.15) is 4.98 Å². The van der Waals surface area contributed by atoms with Gasteiger partial charge < -0.3 is 14.2 Å². The minimum Gasteiger partial charge on any atom is -0.478 e. The molecule has 19 heavy (non-hydrogen) atoms. The maximum atomic E-state index is 5.37. The number of aryl methyl sites for hydroxylation is 1. The van der Waals surface area contributed by atoms with E-state index in [4.69, 9.17) is 4.74 Å². The summed E-state index contributed by atoms with van der Waals surface area (Å²) in [6.45, 7) is 6.20. The van der Waals surface area contributed by atoms with Gasteiger partial charge in [0.15, 0.2) is 0 Å². The molecule has 2 aromatic rings. The van der Waals surface area contributed by atoms with E-state index in [0.29, 0.717) is 18.4 Å². The molecule has 0 aliphatic carbocycles. The Balaban J connectivity index is 1.97. The van der Waals surface area contributed by atoms with Crippen LogP contribution >= 0.6 is 0 Å². The molecule has 0 saturated carbocycles. The molecule has 0 bridgehead atoms. The Kier molecular flexibility index (Phi) is 4.33. The fourth-order valence-electron chi connectivity index (χ4n) is 1.74. The number of hydrogen-bond acceptors (Lipinski definition) is 5. The number of ether oxygens (including phenoxy) is 1. The fourth-order valence-corrected chi connectivity index (χ4v) is 1.74. The van der Waals surface area contributed by atoms with Crippen LogP contribution < -0.4 is 9.64 Å². The van der Waals surface area contributed by atoms with Crippen molar-refractivity contribution >= 4 is 5.95 Å². The Bertz CT molecular complexity index is 525. The SMILES string of the molecule is CCOc1ccnc(N(C)CCn2ccnc2C)n1. The van der Waals surface area contributed by atoms with Crippen molar-refractivity contribution in [1.29, 1.82) is 0 Å². The molecule has 0 aliphatic heterocycles. The highest BCUT2D eigenvalue weighted by Gasteiger charge is 2.06. The molecule has 102 valence electrons. The van der Waals surface area contributed by atoms with Crippen LogP contribution in [0.3, 0.4) is 0 Å². The van der Waals surface area contributed by atoms with Gasteiger partial charge in [-0.05, 0) is 13.8 Å². The van der Waals surface area contributed by atoms with Gasteiger partial charge in [-0.25, -0.2) is 9.97 Å². The number of likely N-dealkylation sites (N-methyl/N-ethyl adjacent to an activating group) is 1. The fraction of sp³-hybridized carbons (Fsp3) is 0.462. The number of anilines is 1. The predicted octanol–water partition coefficient (Wildman–Crippen LogP) is 1.52. The number of nitrogens with zero attached hydrogens (tertiary/aromatic N) is 5.